The van der Waals surface area contributed by atoms with Crippen LogP contribution in [0.2, 0.25) is 0 Å². The molecule has 22 heavy (non-hydrogen) atoms. The Morgan fingerprint density at radius 1 is 1.36 bits per heavy atom. The minimum absolute atomic E-state index is 0.0718. The molecular weight excluding hydrogens is 467 g/mol. The smallest absolute Gasteiger partial charge is 0.255 e. The van der Waals surface area contributed by atoms with Crippen LogP contribution in [-0.2, 0) is 0 Å². The Morgan fingerprint density at radius 2 is 2.00 bits per heavy atom. The minimum Gasteiger partial charge on any atom is -0.341 e. The number of rotatable bonds is 7. The van der Waals surface area contributed by atoms with Crippen LogP contribution in [0.25, 0.3) is 20.9 Å². The van der Waals surface area contributed by atoms with Crippen molar-refractivity contribution < 1.29 is 4.79 Å². The van der Waals surface area contributed by atoms with Crippen molar-refractivity contribution >= 4 is 63.2 Å². The molecule has 118 valence electrons. The second kappa shape index (κ2) is 8.71. The van der Waals surface area contributed by atoms with Gasteiger partial charge in [0.2, 0.25) is 5.78 Å². The SMILES string of the molecule is [N-]=[N+]=NCC[C@@H](CN=[N+]=[N-])n1cc(I)cc1C(=O)C(Cl)(Cl)Cl. The standard InChI is InChI=1S/C10H9Cl3IN7O/c11-10(12,13)9(22)8-3-6(14)5-21(8)7(4-18-20-16)1-2-17-19-15/h3,5,7H,1-2,4H2/t7-/m0/s1. The van der Waals surface area contributed by atoms with Crippen LogP contribution < -0.4 is 0 Å². The Hall–Kier alpha value is -0.830. The number of carbonyl (C=O) groups is 1. The van der Waals surface area contributed by atoms with Gasteiger partial charge in [0.05, 0.1) is 5.69 Å². The van der Waals surface area contributed by atoms with E-state index in [0.29, 0.717) is 6.42 Å². The monoisotopic (exact) mass is 475 g/mol. The molecule has 0 radical (unpaired) electrons. The molecular formula is C10H9Cl3IN7O. The molecule has 1 heterocycles. The van der Waals surface area contributed by atoms with Gasteiger partial charge >= 0.3 is 0 Å². The van der Waals surface area contributed by atoms with Crippen LogP contribution in [0.5, 0.6) is 0 Å². The van der Waals surface area contributed by atoms with Crippen molar-refractivity contribution in [3.05, 3.63) is 42.4 Å². The number of nitrogens with zero attached hydrogens (tertiary/aromatic N) is 7. The summed E-state index contributed by atoms with van der Waals surface area (Å²) in [5.74, 6) is -0.685. The summed E-state index contributed by atoms with van der Waals surface area (Å²) in [5, 5.41) is 6.95. The minimum atomic E-state index is -2.09. The zero-order valence-corrected chi connectivity index (χ0v) is 15.3. The Morgan fingerprint density at radius 3 is 2.55 bits per heavy atom. The van der Waals surface area contributed by atoms with Crippen molar-refractivity contribution in [3.63, 3.8) is 0 Å². The van der Waals surface area contributed by atoms with Crippen LogP contribution in [0.4, 0.5) is 0 Å². The number of aromatic nitrogens is 1. The predicted octanol–water partition coefficient (Wildman–Crippen LogP) is 5.20. The molecule has 0 bridgehead atoms. The van der Waals surface area contributed by atoms with Crippen molar-refractivity contribution in [2.45, 2.75) is 16.3 Å². The van der Waals surface area contributed by atoms with Gasteiger partial charge in [0, 0.05) is 38.7 Å². The Balaban J connectivity index is 3.20. The molecule has 0 aliphatic rings. The lowest BCUT2D eigenvalue weighted by Crippen LogP contribution is -2.25. The van der Waals surface area contributed by atoms with E-state index in [1.165, 1.54) is 0 Å². The Kier molecular flexibility index (Phi) is 7.61. The molecule has 0 unspecified atom stereocenters. The molecule has 0 saturated heterocycles. The first-order chi connectivity index (χ1) is 10.3. The normalized spacial score (nSPS) is 12.2. The largest absolute Gasteiger partial charge is 0.341 e. The van der Waals surface area contributed by atoms with Crippen molar-refractivity contribution in [1.29, 1.82) is 0 Å². The Bertz CT molecular complexity index is 643. The van der Waals surface area contributed by atoms with E-state index >= 15 is 0 Å². The first-order valence-electron chi connectivity index (χ1n) is 5.82. The van der Waals surface area contributed by atoms with E-state index in [-0.39, 0.29) is 18.8 Å². The zero-order valence-electron chi connectivity index (χ0n) is 10.9. The topological polar surface area (TPSA) is 120 Å². The van der Waals surface area contributed by atoms with Crippen LogP contribution >= 0.6 is 57.4 Å². The van der Waals surface area contributed by atoms with Crippen molar-refractivity contribution in [2.75, 3.05) is 13.1 Å². The molecule has 0 fully saturated rings. The number of azide groups is 2. The van der Waals surface area contributed by atoms with Gasteiger partial charge in [-0.3, -0.25) is 4.79 Å². The summed E-state index contributed by atoms with van der Waals surface area (Å²) in [6.07, 6.45) is 2.05. The summed E-state index contributed by atoms with van der Waals surface area (Å²) >= 11 is 19.0. The summed E-state index contributed by atoms with van der Waals surface area (Å²) in [7, 11) is 0. The maximum atomic E-state index is 12.2. The number of hydrogen-bond donors (Lipinski definition) is 0. The van der Waals surface area contributed by atoms with E-state index in [0.717, 1.165) is 3.57 Å². The number of alkyl halides is 3. The van der Waals surface area contributed by atoms with Crippen LogP contribution in [0, 0.1) is 3.57 Å². The number of carbonyl (C=O) groups excluding carboxylic acids is 1. The van der Waals surface area contributed by atoms with Gasteiger partial charge in [0.1, 0.15) is 0 Å². The summed E-state index contributed by atoms with van der Waals surface area (Å²) in [5.41, 5.74) is 17.0. The highest BCUT2D eigenvalue weighted by atomic mass is 127. The predicted molar refractivity (Wildman–Crippen MR) is 93.4 cm³/mol. The van der Waals surface area contributed by atoms with E-state index < -0.39 is 15.6 Å². The van der Waals surface area contributed by atoms with Crippen LogP contribution in [0.1, 0.15) is 23.0 Å². The summed E-state index contributed by atoms with van der Waals surface area (Å²) in [6, 6.07) is 1.18. The van der Waals surface area contributed by atoms with E-state index in [9.17, 15) is 4.79 Å². The van der Waals surface area contributed by atoms with Gasteiger partial charge in [0.25, 0.3) is 3.79 Å². The number of halogens is 4. The molecule has 0 saturated carbocycles. The fourth-order valence-electron chi connectivity index (χ4n) is 1.78. The lowest BCUT2D eigenvalue weighted by molar-refractivity contribution is 0.0985. The molecule has 1 rings (SSSR count). The molecule has 0 aromatic carbocycles. The number of hydrogen-bond acceptors (Lipinski definition) is 3. The highest BCUT2D eigenvalue weighted by Gasteiger charge is 2.34. The lowest BCUT2D eigenvalue weighted by atomic mass is 10.2. The second-order valence-corrected chi connectivity index (χ2v) is 7.61. The molecule has 0 aliphatic carbocycles. The van der Waals surface area contributed by atoms with Gasteiger partial charge in [-0.15, -0.1) is 0 Å². The van der Waals surface area contributed by atoms with Gasteiger partial charge in [-0.05, 0) is 46.1 Å². The van der Waals surface area contributed by atoms with Crippen molar-refractivity contribution in [1.82, 2.24) is 4.57 Å². The fraction of sp³-hybridized carbons (Fsp3) is 0.500. The van der Waals surface area contributed by atoms with Crippen LogP contribution in [-0.4, -0.2) is 27.2 Å². The number of ketones is 1. The summed E-state index contributed by atoms with van der Waals surface area (Å²) in [4.78, 5) is 17.6. The van der Waals surface area contributed by atoms with E-state index in [2.05, 4.69) is 20.1 Å². The van der Waals surface area contributed by atoms with Gasteiger partial charge in [-0.25, -0.2) is 0 Å². The molecule has 0 spiro atoms. The van der Waals surface area contributed by atoms with E-state index in [1.54, 1.807) is 16.8 Å². The maximum Gasteiger partial charge on any atom is 0.255 e. The Labute approximate surface area is 154 Å². The fourth-order valence-corrected chi connectivity index (χ4v) is 2.66. The summed E-state index contributed by atoms with van der Waals surface area (Å²) in [6.45, 7) is 0.251. The maximum absolute atomic E-state index is 12.2. The van der Waals surface area contributed by atoms with Crippen molar-refractivity contribution in [2.24, 2.45) is 10.2 Å². The van der Waals surface area contributed by atoms with E-state index in [1.807, 2.05) is 22.6 Å². The second-order valence-electron chi connectivity index (χ2n) is 4.09. The van der Waals surface area contributed by atoms with Crippen LogP contribution in [0.3, 0.4) is 0 Å². The highest BCUT2D eigenvalue weighted by Crippen LogP contribution is 2.32. The average Bonchev–Trinajstić information content (AvgIpc) is 2.82. The third-order valence-corrected chi connectivity index (χ3v) is 3.78. The van der Waals surface area contributed by atoms with Crippen LogP contribution in [0.15, 0.2) is 22.5 Å². The molecule has 12 heteroatoms. The average molecular weight is 476 g/mol. The van der Waals surface area contributed by atoms with E-state index in [4.69, 9.17) is 45.9 Å². The molecule has 1 atom stereocenters. The molecule has 0 N–H and O–H groups in total. The number of Topliss-reactive ketones (excluding diaryl/α,β-unsaturated/α-hetero) is 1. The van der Waals surface area contributed by atoms with Gasteiger partial charge in [-0.2, -0.15) is 0 Å². The molecule has 1 aromatic heterocycles. The summed E-state index contributed by atoms with van der Waals surface area (Å²) < 4.78 is 0.241. The third kappa shape index (κ3) is 5.42. The van der Waals surface area contributed by atoms with Crippen molar-refractivity contribution in [3.8, 4) is 0 Å². The third-order valence-electron chi connectivity index (χ3n) is 2.68. The molecule has 0 aliphatic heterocycles. The van der Waals surface area contributed by atoms with Gasteiger partial charge in [-0.1, -0.05) is 45.0 Å². The first kappa shape index (κ1) is 19.2. The molecule has 0 amide bonds. The molecule has 8 nitrogen and oxygen atoms in total. The van der Waals surface area contributed by atoms with Gasteiger partial charge in [0.15, 0.2) is 0 Å². The highest BCUT2D eigenvalue weighted by molar-refractivity contribution is 14.1. The quantitative estimate of drug-likeness (QED) is 0.132. The first-order valence-corrected chi connectivity index (χ1v) is 8.03. The lowest BCUT2D eigenvalue weighted by Gasteiger charge is -2.20. The zero-order chi connectivity index (χ0) is 16.8. The van der Waals surface area contributed by atoms with Gasteiger partial charge < -0.3 is 4.57 Å². The molecule has 1 aromatic rings.